The molecule has 0 spiro atoms. The zero-order valence-corrected chi connectivity index (χ0v) is 17.0. The molecule has 142 valence electrons. The third-order valence-corrected chi connectivity index (χ3v) is 7.35. The van der Waals surface area contributed by atoms with Gasteiger partial charge in [-0.15, -0.1) is 16.4 Å². The Kier molecular flexibility index (Phi) is 3.96. The van der Waals surface area contributed by atoms with Gasteiger partial charge in [0.25, 0.3) is 5.91 Å². The average Bonchev–Trinajstić information content (AvgIpc) is 3.24. The number of amides is 1. The maximum atomic E-state index is 13.1. The minimum Gasteiger partial charge on any atom is -0.333 e. The summed E-state index contributed by atoms with van der Waals surface area (Å²) in [7, 11) is 0. The van der Waals surface area contributed by atoms with Crippen LogP contribution in [0.2, 0.25) is 0 Å². The van der Waals surface area contributed by atoms with Gasteiger partial charge in [-0.25, -0.2) is 9.97 Å². The standard InChI is InChI=1S/C20H25N5OS/c1-11-7-6-9-14-15(11)16-18-22-17(20(26)24-10-5-4-8-12(24)2)23-25(18)13(3)21-19(16)27-14/h11-12H,4-10H2,1-3H3/t11-,12+/m0/s1. The first-order valence-corrected chi connectivity index (χ1v) is 10.9. The molecule has 0 unspecified atom stereocenters. The van der Waals surface area contributed by atoms with E-state index in [2.05, 4.69) is 18.9 Å². The summed E-state index contributed by atoms with van der Waals surface area (Å²) in [5.74, 6) is 1.57. The predicted molar refractivity (Wildman–Crippen MR) is 107 cm³/mol. The monoisotopic (exact) mass is 383 g/mol. The quantitative estimate of drug-likeness (QED) is 0.635. The fourth-order valence-corrected chi connectivity index (χ4v) is 6.08. The first kappa shape index (κ1) is 17.1. The molecular weight excluding hydrogens is 358 g/mol. The minimum atomic E-state index is -0.0457. The zero-order valence-electron chi connectivity index (χ0n) is 16.2. The van der Waals surface area contributed by atoms with E-state index in [0.717, 1.165) is 47.5 Å². The molecular formula is C20H25N5OS. The van der Waals surface area contributed by atoms with E-state index in [9.17, 15) is 4.79 Å². The van der Waals surface area contributed by atoms with Gasteiger partial charge in [0.05, 0.1) is 5.39 Å². The highest BCUT2D eigenvalue weighted by molar-refractivity contribution is 7.19. The van der Waals surface area contributed by atoms with Gasteiger partial charge in [-0.1, -0.05) is 6.92 Å². The van der Waals surface area contributed by atoms with Gasteiger partial charge in [0.1, 0.15) is 10.7 Å². The van der Waals surface area contributed by atoms with Crippen LogP contribution in [-0.2, 0) is 6.42 Å². The summed E-state index contributed by atoms with van der Waals surface area (Å²) in [5.41, 5.74) is 2.19. The highest BCUT2D eigenvalue weighted by atomic mass is 32.1. The van der Waals surface area contributed by atoms with Crippen molar-refractivity contribution in [2.24, 2.45) is 0 Å². The summed E-state index contributed by atoms with van der Waals surface area (Å²) in [6.07, 6.45) is 6.86. The second-order valence-electron chi connectivity index (χ2n) is 8.09. The van der Waals surface area contributed by atoms with Crippen molar-refractivity contribution in [3.05, 3.63) is 22.1 Å². The lowest BCUT2D eigenvalue weighted by Gasteiger charge is -2.32. The molecule has 2 atom stereocenters. The van der Waals surface area contributed by atoms with Gasteiger partial charge < -0.3 is 4.90 Å². The number of hydrogen-bond acceptors (Lipinski definition) is 5. The number of carbonyl (C=O) groups excluding carboxylic acids is 1. The number of aryl methyl sites for hydroxylation is 2. The summed E-state index contributed by atoms with van der Waals surface area (Å²) < 4.78 is 1.78. The molecule has 0 radical (unpaired) electrons. The molecule has 1 aliphatic carbocycles. The Bertz CT molecular complexity index is 1050. The van der Waals surface area contributed by atoms with Crippen LogP contribution < -0.4 is 0 Å². The van der Waals surface area contributed by atoms with Gasteiger partial charge in [-0.3, -0.25) is 4.79 Å². The molecule has 5 rings (SSSR count). The van der Waals surface area contributed by atoms with Crippen LogP contribution in [0, 0.1) is 6.92 Å². The molecule has 1 saturated heterocycles. The first-order valence-electron chi connectivity index (χ1n) is 10.0. The summed E-state index contributed by atoms with van der Waals surface area (Å²) >= 11 is 1.79. The highest BCUT2D eigenvalue weighted by Crippen LogP contribution is 2.42. The van der Waals surface area contributed by atoms with Crippen LogP contribution in [0.4, 0.5) is 0 Å². The van der Waals surface area contributed by atoms with Crippen molar-refractivity contribution in [2.75, 3.05) is 6.54 Å². The van der Waals surface area contributed by atoms with Gasteiger partial charge in [-0.05, 0) is 63.9 Å². The minimum absolute atomic E-state index is 0.0457. The Balaban J connectivity index is 1.68. The van der Waals surface area contributed by atoms with Crippen molar-refractivity contribution >= 4 is 33.1 Å². The van der Waals surface area contributed by atoms with Crippen molar-refractivity contribution in [3.8, 4) is 0 Å². The molecule has 27 heavy (non-hydrogen) atoms. The maximum Gasteiger partial charge on any atom is 0.293 e. The highest BCUT2D eigenvalue weighted by Gasteiger charge is 2.30. The van der Waals surface area contributed by atoms with Gasteiger partial charge in [0, 0.05) is 17.5 Å². The molecule has 0 bridgehead atoms. The number of fused-ring (bicyclic) bond motifs is 5. The van der Waals surface area contributed by atoms with E-state index in [-0.39, 0.29) is 11.9 Å². The number of nitrogens with zero attached hydrogens (tertiary/aromatic N) is 5. The predicted octanol–water partition coefficient (Wildman–Crippen LogP) is 4.10. The fourth-order valence-electron chi connectivity index (χ4n) is 4.70. The Labute approximate surface area is 162 Å². The molecule has 4 heterocycles. The van der Waals surface area contributed by atoms with E-state index in [1.807, 2.05) is 11.8 Å². The zero-order chi connectivity index (χ0) is 18.7. The van der Waals surface area contributed by atoms with Gasteiger partial charge >= 0.3 is 0 Å². The Morgan fingerprint density at radius 3 is 2.81 bits per heavy atom. The van der Waals surface area contributed by atoms with E-state index >= 15 is 0 Å². The van der Waals surface area contributed by atoms with Gasteiger partial charge in [0.15, 0.2) is 5.65 Å². The van der Waals surface area contributed by atoms with Crippen LogP contribution in [0.1, 0.15) is 78.8 Å². The topological polar surface area (TPSA) is 63.4 Å². The number of thiophene rings is 1. The van der Waals surface area contributed by atoms with Crippen LogP contribution in [0.15, 0.2) is 0 Å². The number of aromatic nitrogens is 4. The van der Waals surface area contributed by atoms with Crippen molar-refractivity contribution in [2.45, 2.75) is 71.3 Å². The lowest BCUT2D eigenvalue weighted by molar-refractivity contribution is 0.0623. The Morgan fingerprint density at radius 1 is 1.15 bits per heavy atom. The molecule has 3 aromatic rings. The number of carbonyl (C=O) groups is 1. The van der Waals surface area contributed by atoms with E-state index in [0.29, 0.717) is 11.7 Å². The summed E-state index contributed by atoms with van der Waals surface area (Å²) in [6, 6.07) is 0.256. The fraction of sp³-hybridized carbons (Fsp3) is 0.600. The van der Waals surface area contributed by atoms with Crippen LogP contribution in [0.5, 0.6) is 0 Å². The normalized spacial score (nSPS) is 23.1. The third kappa shape index (κ3) is 2.58. The SMILES string of the molecule is Cc1nc2sc3c(c2c2nc(C(=O)N4CCCC[C@H]4C)nn12)[C@@H](C)CCC3. The van der Waals surface area contributed by atoms with Crippen molar-refractivity contribution in [1.29, 1.82) is 0 Å². The lowest BCUT2D eigenvalue weighted by Crippen LogP contribution is -2.42. The molecule has 1 amide bonds. The molecule has 7 heteroatoms. The molecule has 0 saturated carbocycles. The Morgan fingerprint density at radius 2 is 2.00 bits per heavy atom. The number of piperidine rings is 1. The third-order valence-electron chi connectivity index (χ3n) is 6.19. The number of hydrogen-bond donors (Lipinski definition) is 0. The molecule has 0 aromatic carbocycles. The second kappa shape index (κ2) is 6.26. The van der Waals surface area contributed by atoms with Gasteiger partial charge in [0.2, 0.25) is 5.82 Å². The lowest BCUT2D eigenvalue weighted by atomic mass is 9.87. The molecule has 6 nitrogen and oxygen atoms in total. The second-order valence-corrected chi connectivity index (χ2v) is 9.17. The molecule has 1 fully saturated rings. The molecule has 2 aliphatic rings. The molecule has 3 aromatic heterocycles. The van der Waals surface area contributed by atoms with Crippen LogP contribution in [0.3, 0.4) is 0 Å². The average molecular weight is 384 g/mol. The van der Waals surface area contributed by atoms with Crippen LogP contribution >= 0.6 is 11.3 Å². The smallest absolute Gasteiger partial charge is 0.293 e. The van der Waals surface area contributed by atoms with E-state index in [1.165, 1.54) is 29.7 Å². The molecule has 1 aliphatic heterocycles. The van der Waals surface area contributed by atoms with Crippen molar-refractivity contribution < 1.29 is 4.79 Å². The molecule has 0 N–H and O–H groups in total. The number of likely N-dealkylation sites (tertiary alicyclic amines) is 1. The maximum absolute atomic E-state index is 13.1. The first-order chi connectivity index (χ1) is 13.0. The summed E-state index contributed by atoms with van der Waals surface area (Å²) in [6.45, 7) is 7.15. The largest absolute Gasteiger partial charge is 0.333 e. The van der Waals surface area contributed by atoms with E-state index in [4.69, 9.17) is 9.97 Å². The van der Waals surface area contributed by atoms with Gasteiger partial charge in [-0.2, -0.15) is 4.52 Å². The van der Waals surface area contributed by atoms with Crippen molar-refractivity contribution in [3.63, 3.8) is 0 Å². The van der Waals surface area contributed by atoms with Crippen LogP contribution in [-0.4, -0.2) is 43.0 Å². The van der Waals surface area contributed by atoms with Crippen LogP contribution in [0.25, 0.3) is 15.9 Å². The summed E-state index contributed by atoms with van der Waals surface area (Å²) in [5, 5.41) is 5.70. The van der Waals surface area contributed by atoms with Crippen molar-refractivity contribution in [1.82, 2.24) is 24.5 Å². The summed E-state index contributed by atoms with van der Waals surface area (Å²) in [4.78, 5) is 27.0. The van der Waals surface area contributed by atoms with E-state index in [1.54, 1.807) is 15.9 Å². The Hall–Kier alpha value is -2.02. The number of rotatable bonds is 1. The van der Waals surface area contributed by atoms with E-state index < -0.39 is 0 Å².